The first-order chi connectivity index (χ1) is 56.0. The van der Waals surface area contributed by atoms with Gasteiger partial charge in [-0.3, -0.25) is 91.3 Å². The highest BCUT2D eigenvalue weighted by Crippen LogP contribution is 2.20. The topological polar surface area (TPSA) is 705 Å². The minimum absolute atomic E-state index is 0.00204. The second-order valence-corrected chi connectivity index (χ2v) is 30.3. The molecule has 0 bridgehead atoms. The fraction of sp³-hybridized carbons (Fsp3) is 0.658. The molecule has 1 aliphatic rings. The molecule has 0 aromatic heterocycles. The Hall–Kier alpha value is -11.7. The Bertz CT molecular complexity index is 3660. The summed E-state index contributed by atoms with van der Waals surface area (Å²) in [4.78, 5) is 259. The number of benzene rings is 1. The van der Waals surface area contributed by atoms with Gasteiger partial charge in [-0.1, -0.05) is 98.6 Å². The fourth-order valence-corrected chi connectivity index (χ4v) is 12.2. The third-order valence-electron chi connectivity index (χ3n) is 19.3. The van der Waals surface area contributed by atoms with Crippen LogP contribution in [-0.4, -0.2) is 252 Å². The number of carboxylic acid groups (broad SMARTS) is 2. The van der Waals surface area contributed by atoms with E-state index in [9.17, 15) is 96.2 Å². The highest BCUT2D eigenvalue weighted by molar-refractivity contribution is 6.00. The van der Waals surface area contributed by atoms with Gasteiger partial charge < -0.3 is 124 Å². The van der Waals surface area contributed by atoms with Gasteiger partial charge in [0.1, 0.15) is 66.5 Å². The molecule has 1 aliphatic heterocycles. The molecule has 1 aromatic rings. The van der Waals surface area contributed by atoms with Gasteiger partial charge in [0.15, 0.2) is 5.96 Å². The molecule has 43 heteroatoms. The summed E-state index contributed by atoms with van der Waals surface area (Å²) in [5.74, 6) is -19.3. The number of nitrogens with zero attached hydrogens (tertiary/aromatic N) is 2. The summed E-state index contributed by atoms with van der Waals surface area (Å²) in [7, 11) is 0. The Morgan fingerprint density at radius 2 is 0.916 bits per heavy atom. The molecule has 0 spiro atoms. The molecule has 119 heavy (non-hydrogen) atoms. The van der Waals surface area contributed by atoms with Crippen molar-refractivity contribution in [2.75, 3.05) is 45.8 Å². The quantitative estimate of drug-likeness (QED) is 0.0164. The SMILES string of the molecule is CC[C@H](C)[C@H](NC(=O)[C@H](CCCCN)NC(=O)[C@@H](NC(=O)[C@H](CCC(N)=O)NC(=O)[C@H](CCCN=C(N)N)NC(=O)[C@H](Cc1ccccc1)NC(=O)[C@H](CCC(N)=O)NC(=O)CNC(=O)[C@H](C)NC(=O)[C@H](CC(C)C)NC(=O)CNC(=O)[C@H](CC(C)C)NC(=O)[C@@H]1CCCN1C(=O)CNC(=O)CNC(=O)[C@@H](N)CCC(=O)O)[C@@H](C)CC)C(=O)O. The predicted molar refractivity (Wildman–Crippen MR) is 432 cm³/mol. The molecule has 28 N–H and O–H groups in total. The Balaban J connectivity index is 2.34. The van der Waals surface area contributed by atoms with Gasteiger partial charge in [0, 0.05) is 38.8 Å². The van der Waals surface area contributed by atoms with Crippen LogP contribution in [0, 0.1) is 23.7 Å². The second kappa shape index (κ2) is 54.4. The standard InChI is InChI=1S/C76H126N22O21/c1-10-42(7)62(74(117)93-47(21-15-16-30-77)69(112)97-63(75(118)119)43(8)11-2)96-70(113)50(26-28-56(80)100)92-67(110)48(22-17-31-83-76(81)82)91-72(115)53(35-45-19-13-12-14-20-45)94-68(111)49(25-27-55(79)99)89-58(102)37-85-64(107)44(9)88-71(114)52(34-41(5)6)90-59(103)38-87-66(109)51(33-40(3)4)95-73(116)54-23-18-32-98(54)60(104)39-84-57(101)36-86-65(108)46(78)24-29-61(105)106/h12-14,19-20,40-44,46-54,62-63H,10-11,15-18,21-39,77-78H2,1-9H3,(H2,79,99)(H2,80,100)(H,84,101)(H,85,107)(H,86,108)(H,87,109)(H,88,114)(H,89,102)(H,90,103)(H,91,115)(H,92,110)(H,93,117)(H,94,111)(H,95,116)(H,96,113)(H,97,112)(H,105,106)(H,118,119)(H4,81,82,83)/t42-,43-,44-,46-,47-,48-,49-,50-,51-,52-,53-,54-,62-,63-/m0/s1. The lowest BCUT2D eigenvalue weighted by molar-refractivity contribution is -0.144. The fourth-order valence-electron chi connectivity index (χ4n) is 12.2. The van der Waals surface area contributed by atoms with E-state index in [1.807, 2.05) is 0 Å². The highest BCUT2D eigenvalue weighted by atomic mass is 16.4. The van der Waals surface area contributed by atoms with Crippen LogP contribution in [-0.2, 0) is 97.5 Å². The number of nitrogens with two attached hydrogens (primary N) is 6. The van der Waals surface area contributed by atoms with E-state index >= 15 is 0 Å². The number of aliphatic carboxylic acids is 2. The number of hydrogen-bond acceptors (Lipinski definition) is 22. The van der Waals surface area contributed by atoms with Crippen molar-refractivity contribution in [3.05, 3.63) is 35.9 Å². The number of guanidine groups is 1. The van der Waals surface area contributed by atoms with Gasteiger partial charge in [0.05, 0.1) is 32.2 Å². The van der Waals surface area contributed by atoms with E-state index < -0.39 is 249 Å². The lowest BCUT2D eigenvalue weighted by Crippen LogP contribution is -2.61. The van der Waals surface area contributed by atoms with Gasteiger partial charge in [-0.25, -0.2) is 4.79 Å². The third kappa shape index (κ3) is 40.4. The zero-order chi connectivity index (χ0) is 89.8. The number of hydrogen-bond donors (Lipinski definition) is 22. The van der Waals surface area contributed by atoms with E-state index in [0.717, 1.165) is 0 Å². The van der Waals surface area contributed by atoms with Gasteiger partial charge in [-0.15, -0.1) is 0 Å². The van der Waals surface area contributed by atoms with Crippen LogP contribution in [0.5, 0.6) is 0 Å². The number of unbranched alkanes of at least 4 members (excludes halogenated alkanes) is 1. The molecule has 1 heterocycles. The summed E-state index contributed by atoms with van der Waals surface area (Å²) in [5.41, 5.74) is 34.0. The van der Waals surface area contributed by atoms with Crippen LogP contribution >= 0.6 is 0 Å². The van der Waals surface area contributed by atoms with E-state index in [0.29, 0.717) is 31.2 Å². The Labute approximate surface area is 691 Å². The molecule has 0 saturated carbocycles. The number of rotatable bonds is 57. The monoisotopic (exact) mass is 1680 g/mol. The van der Waals surface area contributed by atoms with Crippen LogP contribution in [0.3, 0.4) is 0 Å². The van der Waals surface area contributed by atoms with Crippen molar-refractivity contribution in [2.45, 2.75) is 250 Å². The molecular formula is C76H126N22O21. The van der Waals surface area contributed by atoms with Gasteiger partial charge >= 0.3 is 11.9 Å². The van der Waals surface area contributed by atoms with Crippen molar-refractivity contribution >= 4 is 118 Å². The number of nitrogens with one attached hydrogen (secondary N) is 14. The molecule has 2 rings (SSSR count). The number of carbonyl (C=O) groups is 19. The van der Waals surface area contributed by atoms with E-state index in [1.54, 1.807) is 85.7 Å². The van der Waals surface area contributed by atoms with Crippen molar-refractivity contribution in [3.8, 4) is 0 Å². The largest absolute Gasteiger partial charge is 0.481 e. The molecular weight excluding hydrogens is 1560 g/mol. The molecule has 1 aromatic carbocycles. The van der Waals surface area contributed by atoms with Crippen molar-refractivity contribution < 1.29 is 101 Å². The number of likely N-dealkylation sites (tertiary alicyclic amines) is 1. The molecule has 1 saturated heterocycles. The third-order valence-corrected chi connectivity index (χ3v) is 19.3. The Kier molecular flexibility index (Phi) is 47.2. The minimum Gasteiger partial charge on any atom is -0.481 e. The van der Waals surface area contributed by atoms with Crippen molar-refractivity contribution in [1.82, 2.24) is 79.3 Å². The molecule has 17 amide bonds. The average molecular weight is 1680 g/mol. The first-order valence-electron chi connectivity index (χ1n) is 40.0. The zero-order valence-electron chi connectivity index (χ0n) is 69.3. The summed E-state index contributed by atoms with van der Waals surface area (Å²) in [6, 6.07) is -8.50. The second-order valence-electron chi connectivity index (χ2n) is 30.3. The molecule has 43 nitrogen and oxygen atoms in total. The summed E-state index contributed by atoms with van der Waals surface area (Å²) >= 11 is 0. The maximum atomic E-state index is 14.8. The summed E-state index contributed by atoms with van der Waals surface area (Å²) < 4.78 is 0. The predicted octanol–water partition coefficient (Wildman–Crippen LogP) is -6.27. The summed E-state index contributed by atoms with van der Waals surface area (Å²) in [6.45, 7) is 12.6. The smallest absolute Gasteiger partial charge is 0.326 e. The van der Waals surface area contributed by atoms with Gasteiger partial charge in [-0.2, -0.15) is 0 Å². The number of carbonyl (C=O) groups excluding carboxylic acids is 17. The molecule has 0 aliphatic carbocycles. The van der Waals surface area contributed by atoms with Gasteiger partial charge in [0.25, 0.3) is 0 Å². The van der Waals surface area contributed by atoms with Crippen molar-refractivity contribution in [1.29, 1.82) is 0 Å². The molecule has 0 radical (unpaired) electrons. The Morgan fingerprint density at radius 1 is 0.462 bits per heavy atom. The lowest BCUT2D eigenvalue weighted by Gasteiger charge is -2.30. The van der Waals surface area contributed by atoms with E-state index in [2.05, 4.69) is 79.4 Å². The van der Waals surface area contributed by atoms with Crippen molar-refractivity contribution in [3.63, 3.8) is 0 Å². The lowest BCUT2D eigenvalue weighted by atomic mass is 9.96. The Morgan fingerprint density at radius 3 is 1.44 bits per heavy atom. The maximum absolute atomic E-state index is 14.8. The molecule has 0 unspecified atom stereocenters. The van der Waals surface area contributed by atoms with E-state index in [-0.39, 0.29) is 102 Å². The average Bonchev–Trinajstić information content (AvgIpc) is 1.78. The number of amides is 17. The summed E-state index contributed by atoms with van der Waals surface area (Å²) in [6.07, 6.45) is -0.801. The minimum atomic E-state index is -1.65. The summed E-state index contributed by atoms with van der Waals surface area (Å²) in [5, 5.41) is 53.8. The zero-order valence-corrected chi connectivity index (χ0v) is 69.3. The van der Waals surface area contributed by atoms with Gasteiger partial charge in [0.2, 0.25) is 100 Å². The van der Waals surface area contributed by atoms with Gasteiger partial charge in [-0.05, 0) is 120 Å². The van der Waals surface area contributed by atoms with Crippen LogP contribution in [0.15, 0.2) is 35.3 Å². The number of carboxylic acids is 2. The molecule has 666 valence electrons. The van der Waals surface area contributed by atoms with Crippen LogP contribution < -0.4 is 109 Å². The van der Waals surface area contributed by atoms with Crippen LogP contribution in [0.2, 0.25) is 0 Å². The highest BCUT2D eigenvalue weighted by Gasteiger charge is 2.40. The number of aliphatic imine (C=N–C) groups is 1. The van der Waals surface area contributed by atoms with E-state index in [1.165, 1.54) is 11.8 Å². The van der Waals surface area contributed by atoms with Crippen LogP contribution in [0.25, 0.3) is 0 Å². The van der Waals surface area contributed by atoms with Crippen LogP contribution in [0.1, 0.15) is 177 Å². The van der Waals surface area contributed by atoms with Crippen LogP contribution in [0.4, 0.5) is 0 Å². The normalized spacial score (nSPS) is 15.6. The first kappa shape index (κ1) is 103. The maximum Gasteiger partial charge on any atom is 0.326 e. The first-order valence-corrected chi connectivity index (χ1v) is 40.0. The molecule has 14 atom stereocenters. The number of primary amides is 2. The van der Waals surface area contributed by atoms with E-state index in [4.69, 9.17) is 39.5 Å². The van der Waals surface area contributed by atoms with Crippen molar-refractivity contribution in [2.24, 2.45) is 63.1 Å². The molecule has 1 fully saturated rings.